The van der Waals surface area contributed by atoms with Crippen molar-refractivity contribution in [2.75, 3.05) is 26.2 Å². The van der Waals surface area contributed by atoms with Crippen molar-refractivity contribution in [2.24, 2.45) is 0 Å². The highest BCUT2D eigenvalue weighted by atomic mass is 35.5. The number of hydrogen-bond donors (Lipinski definition) is 1. The van der Waals surface area contributed by atoms with E-state index in [-0.39, 0.29) is 23.5 Å². The summed E-state index contributed by atoms with van der Waals surface area (Å²) in [5, 5.41) is 3.41. The molecule has 1 aromatic rings. The molecular weight excluding hydrogens is 336 g/mol. The lowest BCUT2D eigenvalue weighted by atomic mass is 9.97. The van der Waals surface area contributed by atoms with Crippen LogP contribution in [0.3, 0.4) is 0 Å². The maximum atomic E-state index is 13.0. The van der Waals surface area contributed by atoms with E-state index in [0.29, 0.717) is 5.56 Å². The fourth-order valence-corrected chi connectivity index (χ4v) is 3.04. The third-order valence-corrected chi connectivity index (χ3v) is 4.00. The number of alkyl halides is 3. The monoisotopic (exact) mass is 356 g/mol. The van der Waals surface area contributed by atoms with Gasteiger partial charge in [0.1, 0.15) is 0 Å². The van der Waals surface area contributed by atoms with E-state index in [2.05, 4.69) is 10.2 Å². The Hall–Kier alpha value is -0.490. The van der Waals surface area contributed by atoms with Crippen molar-refractivity contribution >= 4 is 24.0 Å². The zero-order chi connectivity index (χ0) is 15.5. The fraction of sp³-hybridized carbons (Fsp3) is 0.600. The van der Waals surface area contributed by atoms with Crippen LogP contribution in [0.1, 0.15) is 36.9 Å². The van der Waals surface area contributed by atoms with Gasteiger partial charge in [0.25, 0.3) is 0 Å². The Balaban J connectivity index is 0.00000242. The molecule has 126 valence electrons. The van der Waals surface area contributed by atoms with Crippen molar-refractivity contribution in [3.63, 3.8) is 0 Å². The summed E-state index contributed by atoms with van der Waals surface area (Å²) < 4.78 is 38.9. The van der Waals surface area contributed by atoms with Gasteiger partial charge in [0.2, 0.25) is 0 Å². The molecule has 0 bridgehead atoms. The van der Waals surface area contributed by atoms with E-state index >= 15 is 0 Å². The highest BCUT2D eigenvalue weighted by Gasteiger charge is 2.32. The molecule has 0 aliphatic carbocycles. The van der Waals surface area contributed by atoms with Crippen molar-refractivity contribution in [1.82, 2.24) is 10.2 Å². The molecule has 0 saturated carbocycles. The Labute approximate surface area is 140 Å². The van der Waals surface area contributed by atoms with E-state index < -0.39 is 11.7 Å². The van der Waals surface area contributed by atoms with E-state index in [1.54, 1.807) is 6.07 Å². The van der Waals surface area contributed by atoms with Crippen LogP contribution in [-0.4, -0.2) is 31.1 Å². The third kappa shape index (κ3) is 5.01. The van der Waals surface area contributed by atoms with E-state index in [1.165, 1.54) is 6.07 Å². The van der Waals surface area contributed by atoms with E-state index in [9.17, 15) is 13.2 Å². The van der Waals surface area contributed by atoms with Crippen molar-refractivity contribution in [2.45, 2.75) is 32.0 Å². The molecule has 22 heavy (non-hydrogen) atoms. The summed E-state index contributed by atoms with van der Waals surface area (Å²) in [5.41, 5.74) is -0.000174. The Kier molecular flexibility index (Phi) is 7.46. The molecule has 1 aromatic carbocycles. The van der Waals surface area contributed by atoms with Crippen LogP contribution in [0.4, 0.5) is 13.2 Å². The van der Waals surface area contributed by atoms with Gasteiger partial charge in [0.15, 0.2) is 0 Å². The number of nitrogens with zero attached hydrogens (tertiary/aromatic N) is 1. The normalized spacial score (nSPS) is 17.9. The number of halogens is 5. The van der Waals surface area contributed by atoms with Crippen LogP contribution in [0.25, 0.3) is 0 Å². The summed E-state index contributed by atoms with van der Waals surface area (Å²) in [6.45, 7) is 5.47. The van der Waals surface area contributed by atoms with Crippen LogP contribution in [-0.2, 0) is 6.18 Å². The number of piperazine rings is 1. The van der Waals surface area contributed by atoms with Gasteiger partial charge in [-0.15, -0.1) is 12.4 Å². The third-order valence-electron chi connectivity index (χ3n) is 3.79. The van der Waals surface area contributed by atoms with Crippen molar-refractivity contribution in [1.29, 1.82) is 0 Å². The SMILES string of the molecule is CCC[C@H](c1cc(Cl)cc(C(F)(F)F)c1)N1CCNCC1.Cl. The van der Waals surface area contributed by atoms with Gasteiger partial charge in [-0.05, 0) is 30.2 Å². The topological polar surface area (TPSA) is 15.3 Å². The van der Waals surface area contributed by atoms with Gasteiger partial charge in [-0.25, -0.2) is 0 Å². The first-order valence-corrected chi connectivity index (χ1v) is 7.62. The molecule has 0 aromatic heterocycles. The Morgan fingerprint density at radius 1 is 1.23 bits per heavy atom. The van der Waals surface area contributed by atoms with Crippen molar-refractivity contribution in [3.8, 4) is 0 Å². The smallest absolute Gasteiger partial charge is 0.314 e. The van der Waals surface area contributed by atoms with E-state index in [4.69, 9.17) is 11.6 Å². The number of rotatable bonds is 4. The summed E-state index contributed by atoms with van der Waals surface area (Å²) in [7, 11) is 0. The molecule has 7 heteroatoms. The zero-order valence-corrected chi connectivity index (χ0v) is 14.0. The quantitative estimate of drug-likeness (QED) is 0.852. The van der Waals surface area contributed by atoms with Crippen LogP contribution < -0.4 is 5.32 Å². The minimum absolute atomic E-state index is 0. The van der Waals surface area contributed by atoms with Gasteiger partial charge in [-0.2, -0.15) is 13.2 Å². The Morgan fingerprint density at radius 2 is 1.86 bits per heavy atom. The standard InChI is InChI=1S/C15H20ClF3N2.ClH/c1-2-3-14(21-6-4-20-5-7-21)11-8-12(15(17,18)19)10-13(16)9-11;/h8-10,14,20H,2-7H2,1H3;1H/t14-;/m1./s1. The minimum atomic E-state index is -4.36. The molecule has 1 atom stereocenters. The lowest BCUT2D eigenvalue weighted by Gasteiger charge is -2.35. The number of benzene rings is 1. The van der Waals surface area contributed by atoms with Gasteiger partial charge < -0.3 is 5.32 Å². The number of hydrogen-bond acceptors (Lipinski definition) is 2. The molecule has 0 radical (unpaired) electrons. The van der Waals surface area contributed by atoms with Crippen LogP contribution >= 0.6 is 24.0 Å². The molecule has 1 aliphatic heterocycles. The average Bonchev–Trinajstić information content (AvgIpc) is 2.44. The molecule has 2 rings (SSSR count). The lowest BCUT2D eigenvalue weighted by Crippen LogP contribution is -2.45. The van der Waals surface area contributed by atoms with Gasteiger partial charge in [-0.3, -0.25) is 4.90 Å². The lowest BCUT2D eigenvalue weighted by molar-refractivity contribution is -0.137. The first-order valence-electron chi connectivity index (χ1n) is 7.24. The van der Waals surface area contributed by atoms with Gasteiger partial charge in [-0.1, -0.05) is 24.9 Å². The highest BCUT2D eigenvalue weighted by molar-refractivity contribution is 6.30. The predicted molar refractivity (Wildman–Crippen MR) is 85.8 cm³/mol. The van der Waals surface area contributed by atoms with Gasteiger partial charge in [0, 0.05) is 37.2 Å². The molecule has 1 saturated heterocycles. The largest absolute Gasteiger partial charge is 0.416 e. The molecular formula is C15H21Cl2F3N2. The maximum Gasteiger partial charge on any atom is 0.416 e. The van der Waals surface area contributed by atoms with Crippen LogP contribution in [0, 0.1) is 0 Å². The molecule has 1 N–H and O–H groups in total. The Morgan fingerprint density at radius 3 is 2.41 bits per heavy atom. The van der Waals surface area contributed by atoms with Crippen LogP contribution in [0.15, 0.2) is 18.2 Å². The van der Waals surface area contributed by atoms with Crippen LogP contribution in [0.2, 0.25) is 5.02 Å². The van der Waals surface area contributed by atoms with E-state index in [0.717, 1.165) is 45.1 Å². The van der Waals surface area contributed by atoms with Crippen molar-refractivity contribution in [3.05, 3.63) is 34.3 Å². The van der Waals surface area contributed by atoms with Crippen LogP contribution in [0.5, 0.6) is 0 Å². The second kappa shape index (κ2) is 8.39. The molecule has 0 amide bonds. The summed E-state index contributed by atoms with van der Waals surface area (Å²) >= 11 is 5.91. The van der Waals surface area contributed by atoms with Gasteiger partial charge in [0.05, 0.1) is 5.56 Å². The zero-order valence-electron chi connectivity index (χ0n) is 12.4. The summed E-state index contributed by atoms with van der Waals surface area (Å²) in [5.74, 6) is 0. The first-order chi connectivity index (χ1) is 9.91. The van der Waals surface area contributed by atoms with Gasteiger partial charge >= 0.3 is 6.18 Å². The molecule has 1 fully saturated rings. The van der Waals surface area contributed by atoms with E-state index in [1.807, 2.05) is 6.92 Å². The average molecular weight is 357 g/mol. The summed E-state index contributed by atoms with van der Waals surface area (Å²) in [4.78, 5) is 2.24. The van der Waals surface area contributed by atoms with Crippen molar-refractivity contribution < 1.29 is 13.2 Å². The fourth-order valence-electron chi connectivity index (χ4n) is 2.80. The molecule has 1 aliphatic rings. The summed E-state index contributed by atoms with van der Waals surface area (Å²) in [6.07, 6.45) is -2.61. The molecule has 2 nitrogen and oxygen atoms in total. The Bertz CT molecular complexity index is 474. The minimum Gasteiger partial charge on any atom is -0.314 e. The number of nitrogens with one attached hydrogen (secondary N) is 1. The molecule has 0 spiro atoms. The maximum absolute atomic E-state index is 13.0. The predicted octanol–water partition coefficient (Wildman–Crippen LogP) is 4.53. The first kappa shape index (κ1) is 19.6. The molecule has 1 heterocycles. The second-order valence-electron chi connectivity index (χ2n) is 5.36. The highest BCUT2D eigenvalue weighted by Crippen LogP contribution is 2.35. The second-order valence-corrected chi connectivity index (χ2v) is 5.80. The summed E-state index contributed by atoms with van der Waals surface area (Å²) in [6, 6.07) is 3.90. The molecule has 0 unspecified atom stereocenters.